The summed E-state index contributed by atoms with van der Waals surface area (Å²) in [6.07, 6.45) is 0.908. The van der Waals surface area contributed by atoms with Gasteiger partial charge in [-0.3, -0.25) is 9.89 Å². The number of halogens is 1. The number of H-pyrrole nitrogens is 1. The van der Waals surface area contributed by atoms with Crippen molar-refractivity contribution in [3.05, 3.63) is 100.0 Å². The molecule has 1 unspecified atom stereocenters. The van der Waals surface area contributed by atoms with Crippen molar-refractivity contribution in [2.24, 2.45) is 0 Å². The van der Waals surface area contributed by atoms with Crippen LogP contribution in [0, 0.1) is 19.7 Å². The van der Waals surface area contributed by atoms with Crippen molar-refractivity contribution >= 4 is 5.91 Å². The van der Waals surface area contributed by atoms with Gasteiger partial charge >= 0.3 is 0 Å². The van der Waals surface area contributed by atoms with E-state index in [1.807, 2.05) is 50.2 Å². The van der Waals surface area contributed by atoms with E-state index in [0.29, 0.717) is 35.7 Å². The molecule has 4 aromatic rings. The average Bonchev–Trinajstić information content (AvgIpc) is 3.41. The molecule has 0 radical (unpaired) electrons. The first-order valence-electron chi connectivity index (χ1n) is 12.0. The summed E-state index contributed by atoms with van der Waals surface area (Å²) in [5, 5.41) is 18.3. The molecule has 2 N–H and O–H groups in total. The van der Waals surface area contributed by atoms with Gasteiger partial charge in [0, 0.05) is 17.7 Å². The van der Waals surface area contributed by atoms with Gasteiger partial charge in [0.25, 0.3) is 5.91 Å². The van der Waals surface area contributed by atoms with Crippen molar-refractivity contribution in [3.8, 4) is 22.8 Å². The predicted octanol–water partition coefficient (Wildman–Crippen LogP) is 6.07. The summed E-state index contributed by atoms with van der Waals surface area (Å²) in [5.74, 6) is 0.372. The van der Waals surface area contributed by atoms with E-state index in [1.54, 1.807) is 17.0 Å². The van der Waals surface area contributed by atoms with Crippen molar-refractivity contribution in [1.29, 1.82) is 0 Å². The SMILES string of the molecule is CCCOc1ccc(C2c3c(-c4cc(C)cc(C)c4O)n[nH]c3C(=O)N2Cc2ccc(F)cc2)cc1. The second-order valence-corrected chi connectivity index (χ2v) is 9.22. The van der Waals surface area contributed by atoms with Crippen molar-refractivity contribution in [3.63, 3.8) is 0 Å². The quantitative estimate of drug-likeness (QED) is 0.333. The summed E-state index contributed by atoms with van der Waals surface area (Å²) >= 11 is 0. The Balaban J connectivity index is 1.63. The van der Waals surface area contributed by atoms with Gasteiger partial charge in [0.05, 0.1) is 12.6 Å². The third-order valence-corrected chi connectivity index (χ3v) is 6.50. The maximum Gasteiger partial charge on any atom is 0.273 e. The first-order chi connectivity index (χ1) is 17.4. The second kappa shape index (κ2) is 9.49. The van der Waals surface area contributed by atoms with Gasteiger partial charge in [-0.05, 0) is 72.9 Å². The molecule has 0 aliphatic carbocycles. The van der Waals surface area contributed by atoms with Gasteiger partial charge in [-0.2, -0.15) is 5.10 Å². The molecule has 0 saturated heterocycles. The molecule has 184 valence electrons. The lowest BCUT2D eigenvalue weighted by molar-refractivity contribution is 0.0730. The van der Waals surface area contributed by atoms with E-state index in [-0.39, 0.29) is 17.5 Å². The standard InChI is InChI=1S/C29H28FN3O3/c1-4-13-36-22-11-7-20(8-12-22)27-24-25(23-15-17(2)14-18(3)28(23)34)31-32-26(24)29(35)33(27)16-19-5-9-21(30)10-6-19/h5-12,14-15,27,34H,4,13,16H2,1-3H3,(H,31,32). The van der Waals surface area contributed by atoms with Gasteiger partial charge in [-0.15, -0.1) is 0 Å². The Labute approximate surface area is 209 Å². The fourth-order valence-corrected chi connectivity index (χ4v) is 4.80. The number of nitrogens with zero attached hydrogens (tertiary/aromatic N) is 2. The summed E-state index contributed by atoms with van der Waals surface area (Å²) in [4.78, 5) is 15.4. The minimum atomic E-state index is -0.452. The van der Waals surface area contributed by atoms with Gasteiger partial charge in [0.2, 0.25) is 0 Å². The lowest BCUT2D eigenvalue weighted by atomic mass is 9.94. The van der Waals surface area contributed by atoms with E-state index >= 15 is 0 Å². The van der Waals surface area contributed by atoms with Crippen LogP contribution in [0.15, 0.2) is 60.7 Å². The number of rotatable bonds is 7. The van der Waals surface area contributed by atoms with Gasteiger partial charge in [0.15, 0.2) is 0 Å². The highest BCUT2D eigenvalue weighted by molar-refractivity contribution is 6.00. The molecule has 6 nitrogen and oxygen atoms in total. The number of carbonyl (C=O) groups excluding carboxylic acids is 1. The maximum atomic E-state index is 13.6. The topological polar surface area (TPSA) is 78.5 Å². The minimum absolute atomic E-state index is 0.140. The van der Waals surface area contributed by atoms with Crippen LogP contribution < -0.4 is 4.74 Å². The highest BCUT2D eigenvalue weighted by atomic mass is 19.1. The number of hydrogen-bond acceptors (Lipinski definition) is 4. The number of amides is 1. The highest BCUT2D eigenvalue weighted by Gasteiger charge is 2.42. The number of phenolic OH excluding ortho intramolecular Hbond substituents is 1. The molecule has 1 aromatic heterocycles. The van der Waals surface area contributed by atoms with Crippen LogP contribution in [0.3, 0.4) is 0 Å². The van der Waals surface area contributed by atoms with Crippen molar-refractivity contribution in [1.82, 2.24) is 15.1 Å². The molecule has 1 aliphatic heterocycles. The number of benzene rings is 3. The number of carbonyl (C=O) groups is 1. The number of aromatic nitrogens is 2. The van der Waals surface area contributed by atoms with E-state index in [9.17, 15) is 14.3 Å². The molecule has 5 rings (SSSR count). The van der Waals surface area contributed by atoms with E-state index in [0.717, 1.165) is 34.4 Å². The normalized spacial score (nSPS) is 14.8. The number of aryl methyl sites for hydroxylation is 2. The number of fused-ring (bicyclic) bond motifs is 1. The second-order valence-electron chi connectivity index (χ2n) is 9.22. The lowest BCUT2D eigenvalue weighted by Crippen LogP contribution is -2.29. The smallest absolute Gasteiger partial charge is 0.273 e. The summed E-state index contributed by atoms with van der Waals surface area (Å²) in [6.45, 7) is 6.77. The van der Waals surface area contributed by atoms with Crippen molar-refractivity contribution in [2.75, 3.05) is 6.61 Å². The van der Waals surface area contributed by atoms with E-state index in [2.05, 4.69) is 17.1 Å². The van der Waals surface area contributed by atoms with Gasteiger partial charge < -0.3 is 14.7 Å². The van der Waals surface area contributed by atoms with Crippen LogP contribution in [0.2, 0.25) is 0 Å². The zero-order chi connectivity index (χ0) is 25.4. The fraction of sp³-hybridized carbons (Fsp3) is 0.241. The number of aromatic amines is 1. The summed E-state index contributed by atoms with van der Waals surface area (Å²) in [5.41, 5.74) is 5.65. The Hall–Kier alpha value is -4.13. The molecule has 3 aromatic carbocycles. The monoisotopic (exact) mass is 485 g/mol. The van der Waals surface area contributed by atoms with Crippen LogP contribution >= 0.6 is 0 Å². The first kappa shape index (κ1) is 23.6. The number of aromatic hydroxyl groups is 1. The Kier molecular flexibility index (Phi) is 6.22. The number of ether oxygens (including phenoxy) is 1. The average molecular weight is 486 g/mol. The number of hydrogen-bond donors (Lipinski definition) is 2. The number of nitrogens with one attached hydrogen (secondary N) is 1. The van der Waals surface area contributed by atoms with Gasteiger partial charge in [0.1, 0.15) is 28.7 Å². The molecule has 36 heavy (non-hydrogen) atoms. The molecule has 1 atom stereocenters. The third-order valence-electron chi connectivity index (χ3n) is 6.50. The molecular weight excluding hydrogens is 457 g/mol. The molecule has 1 aliphatic rings. The van der Waals surface area contributed by atoms with Crippen LogP contribution in [0.1, 0.15) is 57.7 Å². The van der Waals surface area contributed by atoms with E-state index < -0.39 is 6.04 Å². The number of phenols is 1. The maximum absolute atomic E-state index is 13.6. The molecule has 7 heteroatoms. The Morgan fingerprint density at radius 3 is 2.50 bits per heavy atom. The highest BCUT2D eigenvalue weighted by Crippen LogP contribution is 2.46. The van der Waals surface area contributed by atoms with Crippen LogP contribution in [0.4, 0.5) is 4.39 Å². The summed E-state index contributed by atoms with van der Waals surface area (Å²) < 4.78 is 19.3. The Morgan fingerprint density at radius 1 is 1.08 bits per heavy atom. The van der Waals surface area contributed by atoms with E-state index in [1.165, 1.54) is 12.1 Å². The van der Waals surface area contributed by atoms with E-state index in [4.69, 9.17) is 4.74 Å². The summed E-state index contributed by atoms with van der Waals surface area (Å²) in [7, 11) is 0. The van der Waals surface area contributed by atoms with Crippen LogP contribution in [-0.4, -0.2) is 32.7 Å². The lowest BCUT2D eigenvalue weighted by Gasteiger charge is -2.27. The van der Waals surface area contributed by atoms with Crippen LogP contribution in [-0.2, 0) is 6.54 Å². The molecule has 0 fully saturated rings. The third kappa shape index (κ3) is 4.21. The molecule has 2 heterocycles. The Morgan fingerprint density at radius 2 is 1.81 bits per heavy atom. The largest absolute Gasteiger partial charge is 0.507 e. The van der Waals surface area contributed by atoms with Crippen LogP contribution in [0.25, 0.3) is 11.3 Å². The van der Waals surface area contributed by atoms with Gasteiger partial charge in [-0.1, -0.05) is 37.3 Å². The van der Waals surface area contributed by atoms with Crippen molar-refractivity contribution < 1.29 is 19.0 Å². The van der Waals surface area contributed by atoms with Crippen LogP contribution in [0.5, 0.6) is 11.5 Å². The first-order valence-corrected chi connectivity index (χ1v) is 12.0. The Bertz CT molecular complexity index is 1410. The fourth-order valence-electron chi connectivity index (χ4n) is 4.80. The molecule has 0 spiro atoms. The predicted molar refractivity (Wildman–Crippen MR) is 136 cm³/mol. The minimum Gasteiger partial charge on any atom is -0.507 e. The zero-order valence-corrected chi connectivity index (χ0v) is 20.5. The molecule has 0 bridgehead atoms. The summed E-state index contributed by atoms with van der Waals surface area (Å²) in [6, 6.07) is 17.2. The molecular formula is C29H28FN3O3. The molecule has 1 amide bonds. The zero-order valence-electron chi connectivity index (χ0n) is 20.5. The van der Waals surface area contributed by atoms with Gasteiger partial charge in [-0.25, -0.2) is 4.39 Å². The molecule has 0 saturated carbocycles. The van der Waals surface area contributed by atoms with Crippen molar-refractivity contribution in [2.45, 2.75) is 39.8 Å².